The third-order valence-electron chi connectivity index (χ3n) is 5.77. The van der Waals surface area contributed by atoms with Gasteiger partial charge < -0.3 is 9.64 Å². The number of aryl methyl sites for hydroxylation is 2. The van der Waals surface area contributed by atoms with E-state index in [-0.39, 0.29) is 24.0 Å². The van der Waals surface area contributed by atoms with Gasteiger partial charge in [-0.1, -0.05) is 49.9 Å². The molecule has 1 aromatic rings. The summed E-state index contributed by atoms with van der Waals surface area (Å²) in [5.41, 5.74) is 4.16. The van der Waals surface area contributed by atoms with Gasteiger partial charge in [0.15, 0.2) is 0 Å². The molecule has 1 aromatic carbocycles. The number of unbranched alkanes of at least 4 members (excludes halogenated alkanes) is 3. The Kier molecular flexibility index (Phi) is 6.78. The Morgan fingerprint density at radius 2 is 1.69 bits per heavy atom. The summed E-state index contributed by atoms with van der Waals surface area (Å²) in [7, 11) is 0. The van der Waals surface area contributed by atoms with Gasteiger partial charge in [-0.2, -0.15) is 0 Å². The van der Waals surface area contributed by atoms with E-state index in [0.717, 1.165) is 42.4 Å². The van der Waals surface area contributed by atoms with Crippen molar-refractivity contribution < 1.29 is 14.3 Å². The summed E-state index contributed by atoms with van der Waals surface area (Å²) in [6.07, 6.45) is 4.19. The number of nitrogens with zero attached hydrogens (tertiary/aromatic N) is 2. The van der Waals surface area contributed by atoms with Crippen molar-refractivity contribution >= 4 is 17.4 Å². The predicted octanol–water partition coefficient (Wildman–Crippen LogP) is 4.07. The largest absolute Gasteiger partial charge is 0.372 e. The van der Waals surface area contributed by atoms with Gasteiger partial charge in [0.1, 0.15) is 5.70 Å². The molecule has 0 bridgehead atoms. The van der Waals surface area contributed by atoms with Crippen LogP contribution < -0.4 is 0 Å². The number of imide groups is 1. The molecule has 2 aliphatic heterocycles. The molecule has 2 unspecified atom stereocenters. The summed E-state index contributed by atoms with van der Waals surface area (Å²) in [4.78, 5) is 30.4. The quantitative estimate of drug-likeness (QED) is 0.513. The van der Waals surface area contributed by atoms with Gasteiger partial charge in [0.2, 0.25) is 0 Å². The second-order valence-corrected chi connectivity index (χ2v) is 8.53. The Bertz CT molecular complexity index is 804. The zero-order chi connectivity index (χ0) is 21.1. The zero-order valence-electron chi connectivity index (χ0n) is 18.5. The predicted molar refractivity (Wildman–Crippen MR) is 115 cm³/mol. The molecular formula is C24H34N2O3. The van der Waals surface area contributed by atoms with E-state index in [2.05, 4.69) is 17.9 Å². The fourth-order valence-electron chi connectivity index (χ4n) is 4.45. The Morgan fingerprint density at radius 3 is 2.31 bits per heavy atom. The highest BCUT2D eigenvalue weighted by Crippen LogP contribution is 2.35. The van der Waals surface area contributed by atoms with Gasteiger partial charge in [0.05, 0.1) is 17.8 Å². The topological polar surface area (TPSA) is 49.9 Å². The van der Waals surface area contributed by atoms with Gasteiger partial charge in [0, 0.05) is 19.6 Å². The molecule has 0 radical (unpaired) electrons. The normalized spacial score (nSPS) is 22.8. The van der Waals surface area contributed by atoms with Crippen LogP contribution in [0, 0.1) is 13.8 Å². The van der Waals surface area contributed by atoms with Crippen LogP contribution in [-0.2, 0) is 14.3 Å². The zero-order valence-corrected chi connectivity index (χ0v) is 18.5. The number of hydrogen-bond acceptors (Lipinski definition) is 4. The van der Waals surface area contributed by atoms with Gasteiger partial charge in [-0.3, -0.25) is 14.5 Å². The van der Waals surface area contributed by atoms with Crippen LogP contribution in [0.25, 0.3) is 5.57 Å². The Balaban J connectivity index is 1.99. The summed E-state index contributed by atoms with van der Waals surface area (Å²) in [6, 6.07) is 6.07. The van der Waals surface area contributed by atoms with Crippen molar-refractivity contribution in [1.82, 2.24) is 9.80 Å². The van der Waals surface area contributed by atoms with Gasteiger partial charge in [-0.15, -0.1) is 0 Å². The molecule has 1 saturated heterocycles. The maximum Gasteiger partial charge on any atom is 0.277 e. The minimum atomic E-state index is -0.153. The highest BCUT2D eigenvalue weighted by molar-refractivity contribution is 6.35. The van der Waals surface area contributed by atoms with Crippen LogP contribution in [0.4, 0.5) is 0 Å². The van der Waals surface area contributed by atoms with Crippen LogP contribution in [0.3, 0.4) is 0 Å². The second-order valence-electron chi connectivity index (χ2n) is 8.53. The average molecular weight is 399 g/mol. The fourth-order valence-corrected chi connectivity index (χ4v) is 4.45. The molecule has 5 nitrogen and oxygen atoms in total. The van der Waals surface area contributed by atoms with Crippen molar-refractivity contribution in [2.75, 3.05) is 19.6 Å². The molecule has 0 aliphatic carbocycles. The minimum absolute atomic E-state index is 0.0214. The third kappa shape index (κ3) is 4.55. The van der Waals surface area contributed by atoms with Gasteiger partial charge in [-0.05, 0) is 45.2 Å². The van der Waals surface area contributed by atoms with Crippen molar-refractivity contribution in [3.05, 3.63) is 40.6 Å². The van der Waals surface area contributed by atoms with Crippen molar-refractivity contribution in [3.8, 4) is 0 Å². The Morgan fingerprint density at radius 1 is 1.00 bits per heavy atom. The number of carbonyl (C=O) groups excluding carboxylic acids is 2. The van der Waals surface area contributed by atoms with Crippen LogP contribution >= 0.6 is 0 Å². The van der Waals surface area contributed by atoms with Gasteiger partial charge >= 0.3 is 0 Å². The summed E-state index contributed by atoms with van der Waals surface area (Å²) in [6.45, 7) is 12.0. The maximum atomic E-state index is 13.4. The summed E-state index contributed by atoms with van der Waals surface area (Å²) >= 11 is 0. The molecule has 2 heterocycles. The number of benzene rings is 1. The standard InChI is InChI=1S/C24H34N2O3/c1-6-7-8-9-12-26-23(27)21(20-11-10-16(2)13-17(20)3)22(24(26)28)25-14-18(4)29-19(5)15-25/h10-11,13,18-19H,6-9,12,14-15H2,1-5H3. The van der Waals surface area contributed by atoms with Crippen LogP contribution in [0.5, 0.6) is 0 Å². The van der Waals surface area contributed by atoms with E-state index in [1.807, 2.05) is 39.8 Å². The van der Waals surface area contributed by atoms with Crippen LogP contribution in [-0.4, -0.2) is 53.5 Å². The molecule has 2 atom stereocenters. The van der Waals surface area contributed by atoms with Crippen LogP contribution in [0.2, 0.25) is 0 Å². The molecule has 0 aromatic heterocycles. The van der Waals surface area contributed by atoms with E-state index in [1.54, 1.807) is 0 Å². The van der Waals surface area contributed by atoms with E-state index in [9.17, 15) is 9.59 Å². The third-order valence-corrected chi connectivity index (χ3v) is 5.77. The first-order valence-corrected chi connectivity index (χ1v) is 10.9. The van der Waals surface area contributed by atoms with Crippen molar-refractivity contribution in [2.45, 2.75) is 72.5 Å². The monoisotopic (exact) mass is 398 g/mol. The first-order valence-electron chi connectivity index (χ1n) is 10.9. The summed E-state index contributed by atoms with van der Waals surface area (Å²) in [5, 5.41) is 0. The highest BCUT2D eigenvalue weighted by atomic mass is 16.5. The molecule has 0 N–H and O–H groups in total. The first kappa shape index (κ1) is 21.6. The van der Waals surface area contributed by atoms with E-state index in [1.165, 1.54) is 4.90 Å². The van der Waals surface area contributed by atoms with Crippen LogP contribution in [0.15, 0.2) is 23.9 Å². The highest BCUT2D eigenvalue weighted by Gasteiger charge is 2.43. The molecular weight excluding hydrogens is 364 g/mol. The lowest BCUT2D eigenvalue weighted by Crippen LogP contribution is -2.47. The molecule has 0 spiro atoms. The molecule has 3 rings (SSSR count). The lowest BCUT2D eigenvalue weighted by molar-refractivity contribution is -0.138. The SMILES string of the molecule is CCCCCCN1C(=O)C(c2ccc(C)cc2C)=C(N2CC(C)OC(C)C2)C1=O. The Labute approximate surface area is 174 Å². The van der Waals surface area contributed by atoms with Gasteiger partial charge in [-0.25, -0.2) is 0 Å². The van der Waals surface area contributed by atoms with E-state index >= 15 is 0 Å². The first-order chi connectivity index (χ1) is 13.8. The number of carbonyl (C=O) groups is 2. The summed E-state index contributed by atoms with van der Waals surface area (Å²) < 4.78 is 5.86. The molecule has 1 fully saturated rings. The van der Waals surface area contributed by atoms with Crippen LogP contribution in [0.1, 0.15) is 63.1 Å². The van der Waals surface area contributed by atoms with Gasteiger partial charge in [0.25, 0.3) is 11.8 Å². The number of hydrogen-bond donors (Lipinski definition) is 0. The number of rotatable bonds is 7. The molecule has 2 amide bonds. The van der Waals surface area contributed by atoms with Crippen molar-refractivity contribution in [1.29, 1.82) is 0 Å². The average Bonchev–Trinajstić information content (AvgIpc) is 2.89. The number of amides is 2. The Hall–Kier alpha value is -2.14. The van der Waals surface area contributed by atoms with E-state index in [0.29, 0.717) is 30.9 Å². The molecule has 2 aliphatic rings. The van der Waals surface area contributed by atoms with Crippen molar-refractivity contribution in [2.24, 2.45) is 0 Å². The second kappa shape index (κ2) is 9.12. The lowest BCUT2D eigenvalue weighted by atomic mass is 9.97. The molecule has 5 heteroatoms. The van der Waals surface area contributed by atoms with E-state index < -0.39 is 0 Å². The molecule has 158 valence electrons. The molecule has 0 saturated carbocycles. The summed E-state index contributed by atoms with van der Waals surface area (Å²) in [5.74, 6) is -0.303. The lowest BCUT2D eigenvalue weighted by Gasteiger charge is -2.37. The minimum Gasteiger partial charge on any atom is -0.372 e. The maximum absolute atomic E-state index is 13.4. The smallest absolute Gasteiger partial charge is 0.277 e. The van der Waals surface area contributed by atoms with Crippen molar-refractivity contribution in [3.63, 3.8) is 0 Å². The van der Waals surface area contributed by atoms with E-state index in [4.69, 9.17) is 4.74 Å². The number of morpholine rings is 1. The molecule has 29 heavy (non-hydrogen) atoms. The fraction of sp³-hybridized carbons (Fsp3) is 0.583. The number of ether oxygens (including phenoxy) is 1.